The first-order chi connectivity index (χ1) is 10.1. The number of hydrogen-bond donors (Lipinski definition) is 1. The number of benzene rings is 2. The molecule has 0 saturated carbocycles. The molecule has 108 valence electrons. The Bertz CT molecular complexity index is 686. The highest BCUT2D eigenvalue weighted by Gasteiger charge is 2.20. The Morgan fingerprint density at radius 2 is 1.90 bits per heavy atom. The average molecular weight is 337 g/mol. The van der Waals surface area contributed by atoms with Gasteiger partial charge in [-0.25, -0.2) is 0 Å². The van der Waals surface area contributed by atoms with Crippen LogP contribution in [-0.2, 0) is 0 Å². The van der Waals surface area contributed by atoms with Crippen molar-refractivity contribution in [3.05, 3.63) is 63.6 Å². The first-order valence-corrected chi connectivity index (χ1v) is 8.36. The molecule has 0 radical (unpaired) electrons. The largest absolute Gasteiger partial charge is 0.334 e. The quantitative estimate of drug-likeness (QED) is 0.776. The van der Waals surface area contributed by atoms with Crippen LogP contribution in [0.25, 0.3) is 0 Å². The molecule has 0 fully saturated rings. The van der Waals surface area contributed by atoms with Crippen LogP contribution in [0, 0.1) is 6.92 Å². The van der Waals surface area contributed by atoms with Gasteiger partial charge in [0.05, 0.1) is 16.8 Å². The molecule has 1 atom stereocenters. The smallest absolute Gasteiger partial charge is 0.161 e. The van der Waals surface area contributed by atoms with E-state index in [0.717, 1.165) is 22.2 Å². The van der Waals surface area contributed by atoms with Crippen molar-refractivity contribution in [3.8, 4) is 0 Å². The van der Waals surface area contributed by atoms with Gasteiger partial charge >= 0.3 is 0 Å². The second-order valence-electron chi connectivity index (χ2n) is 4.88. The lowest BCUT2D eigenvalue weighted by Gasteiger charge is -2.09. The maximum absolute atomic E-state index is 6.25. The molecule has 0 aromatic heterocycles. The van der Waals surface area contributed by atoms with Gasteiger partial charge in [0.15, 0.2) is 5.17 Å². The Hall–Kier alpha value is -1.16. The van der Waals surface area contributed by atoms with E-state index in [1.165, 1.54) is 5.56 Å². The molecule has 5 heteroatoms. The van der Waals surface area contributed by atoms with Gasteiger partial charge in [0, 0.05) is 10.8 Å². The molecule has 1 unspecified atom stereocenters. The van der Waals surface area contributed by atoms with Crippen LogP contribution < -0.4 is 5.32 Å². The predicted octanol–water partition coefficient (Wildman–Crippen LogP) is 5.56. The zero-order valence-electron chi connectivity index (χ0n) is 11.4. The minimum absolute atomic E-state index is 0.193. The molecule has 1 aliphatic heterocycles. The van der Waals surface area contributed by atoms with Crippen molar-refractivity contribution in [3.63, 3.8) is 0 Å². The first-order valence-electron chi connectivity index (χ1n) is 6.61. The zero-order chi connectivity index (χ0) is 14.8. The number of nitrogens with one attached hydrogen (secondary N) is 1. The molecule has 1 N–H and O–H groups in total. The molecule has 0 aliphatic carbocycles. The van der Waals surface area contributed by atoms with Gasteiger partial charge in [-0.15, -0.1) is 0 Å². The Kier molecular flexibility index (Phi) is 4.43. The molecule has 2 nitrogen and oxygen atoms in total. The highest BCUT2D eigenvalue weighted by Crippen LogP contribution is 2.34. The summed E-state index contributed by atoms with van der Waals surface area (Å²) in [6.45, 7) is 1.94. The Morgan fingerprint density at radius 3 is 2.67 bits per heavy atom. The molecule has 1 aliphatic rings. The van der Waals surface area contributed by atoms with Gasteiger partial charge in [-0.3, -0.25) is 4.99 Å². The maximum atomic E-state index is 6.25. The van der Waals surface area contributed by atoms with Crippen molar-refractivity contribution in [2.45, 2.75) is 13.0 Å². The van der Waals surface area contributed by atoms with Crippen LogP contribution >= 0.6 is 35.0 Å². The highest BCUT2D eigenvalue weighted by atomic mass is 35.5. The summed E-state index contributed by atoms with van der Waals surface area (Å²) in [5.74, 6) is 0.934. The number of thioether (sulfide) groups is 1. The molecule has 0 spiro atoms. The Morgan fingerprint density at radius 1 is 1.14 bits per heavy atom. The summed E-state index contributed by atoms with van der Waals surface area (Å²) < 4.78 is 0. The number of anilines is 1. The number of halogens is 2. The van der Waals surface area contributed by atoms with E-state index < -0.39 is 0 Å². The standard InChI is InChI=1S/C16H14Cl2N2S/c1-10-7-13(18)14(8-12(10)17)19-16-20-15(9-21-16)11-5-3-2-4-6-11/h2-8,15H,9H2,1H3,(H,19,20). The van der Waals surface area contributed by atoms with E-state index in [4.69, 9.17) is 28.2 Å². The summed E-state index contributed by atoms with van der Waals surface area (Å²) in [5.41, 5.74) is 3.00. The Balaban J connectivity index is 1.79. The van der Waals surface area contributed by atoms with E-state index >= 15 is 0 Å². The monoisotopic (exact) mass is 336 g/mol. The molecular formula is C16H14Cl2N2S. The van der Waals surface area contributed by atoms with Gasteiger partial charge in [0.2, 0.25) is 0 Å². The van der Waals surface area contributed by atoms with E-state index in [0.29, 0.717) is 10.0 Å². The molecule has 0 saturated heterocycles. The van der Waals surface area contributed by atoms with E-state index in [-0.39, 0.29) is 6.04 Å². The van der Waals surface area contributed by atoms with Gasteiger partial charge in [-0.1, -0.05) is 65.3 Å². The van der Waals surface area contributed by atoms with Gasteiger partial charge in [-0.05, 0) is 30.2 Å². The fraction of sp³-hybridized carbons (Fsp3) is 0.188. The molecule has 2 aromatic rings. The first kappa shape index (κ1) is 14.8. The van der Waals surface area contributed by atoms with Crippen molar-refractivity contribution < 1.29 is 0 Å². The van der Waals surface area contributed by atoms with Crippen LogP contribution in [0.3, 0.4) is 0 Å². The van der Waals surface area contributed by atoms with Crippen molar-refractivity contribution >= 4 is 45.8 Å². The van der Waals surface area contributed by atoms with Crippen LogP contribution in [0.15, 0.2) is 47.5 Å². The van der Waals surface area contributed by atoms with E-state index in [9.17, 15) is 0 Å². The van der Waals surface area contributed by atoms with Crippen LogP contribution in [0.2, 0.25) is 10.0 Å². The second kappa shape index (κ2) is 6.30. The Labute approximate surface area is 138 Å². The third kappa shape index (κ3) is 3.37. The van der Waals surface area contributed by atoms with Crippen LogP contribution in [-0.4, -0.2) is 10.9 Å². The summed E-state index contributed by atoms with van der Waals surface area (Å²) in [7, 11) is 0. The molecule has 21 heavy (non-hydrogen) atoms. The summed E-state index contributed by atoms with van der Waals surface area (Å²) >= 11 is 14.1. The summed E-state index contributed by atoms with van der Waals surface area (Å²) in [6.07, 6.45) is 0. The third-order valence-corrected chi connectivity index (χ3v) is 5.01. The number of hydrogen-bond acceptors (Lipinski definition) is 3. The van der Waals surface area contributed by atoms with Gasteiger partial charge < -0.3 is 5.32 Å². The van der Waals surface area contributed by atoms with Crippen LogP contribution in [0.4, 0.5) is 5.69 Å². The minimum atomic E-state index is 0.193. The fourth-order valence-corrected chi connectivity index (χ4v) is 3.54. The number of nitrogens with zero attached hydrogens (tertiary/aromatic N) is 1. The second-order valence-corrected chi connectivity index (χ2v) is 6.70. The number of aryl methyl sites for hydroxylation is 1. The normalized spacial score (nSPS) is 17.7. The van der Waals surface area contributed by atoms with Crippen molar-refractivity contribution in [2.24, 2.45) is 4.99 Å². The lowest BCUT2D eigenvalue weighted by Crippen LogP contribution is -2.05. The van der Waals surface area contributed by atoms with Gasteiger partial charge in [-0.2, -0.15) is 0 Å². The summed E-state index contributed by atoms with van der Waals surface area (Å²) in [4.78, 5) is 4.71. The van der Waals surface area contributed by atoms with Crippen LogP contribution in [0.5, 0.6) is 0 Å². The molecule has 0 amide bonds. The fourth-order valence-electron chi connectivity index (χ4n) is 2.15. The molecule has 3 rings (SSSR count). The van der Waals surface area contributed by atoms with Crippen molar-refractivity contribution in [1.82, 2.24) is 0 Å². The van der Waals surface area contributed by atoms with Crippen molar-refractivity contribution in [2.75, 3.05) is 11.1 Å². The molecule has 0 bridgehead atoms. The summed E-state index contributed by atoms with van der Waals surface area (Å²) in [5, 5.41) is 5.51. The minimum Gasteiger partial charge on any atom is -0.334 e. The SMILES string of the molecule is Cc1cc(Cl)c(NC2=NC(c3ccccc3)CS2)cc1Cl. The number of rotatable bonds is 2. The molecular weight excluding hydrogens is 323 g/mol. The lowest BCUT2D eigenvalue weighted by atomic mass is 10.1. The zero-order valence-corrected chi connectivity index (χ0v) is 13.8. The number of amidine groups is 1. The highest BCUT2D eigenvalue weighted by molar-refractivity contribution is 8.14. The van der Waals surface area contributed by atoms with Crippen molar-refractivity contribution in [1.29, 1.82) is 0 Å². The van der Waals surface area contributed by atoms with E-state index in [1.807, 2.05) is 37.3 Å². The van der Waals surface area contributed by atoms with Gasteiger partial charge in [0.1, 0.15) is 0 Å². The topological polar surface area (TPSA) is 24.4 Å². The maximum Gasteiger partial charge on any atom is 0.161 e. The number of aliphatic imine (C=N–C) groups is 1. The van der Waals surface area contributed by atoms with E-state index in [1.54, 1.807) is 11.8 Å². The summed E-state index contributed by atoms with van der Waals surface area (Å²) in [6, 6.07) is 14.2. The third-order valence-electron chi connectivity index (χ3n) is 3.33. The average Bonchev–Trinajstić information content (AvgIpc) is 2.94. The lowest BCUT2D eigenvalue weighted by molar-refractivity contribution is 0.849. The predicted molar refractivity (Wildman–Crippen MR) is 93.9 cm³/mol. The van der Waals surface area contributed by atoms with Gasteiger partial charge in [0.25, 0.3) is 0 Å². The molecule has 2 aromatic carbocycles. The van der Waals surface area contributed by atoms with Crippen LogP contribution in [0.1, 0.15) is 17.2 Å². The molecule has 1 heterocycles. The van der Waals surface area contributed by atoms with E-state index in [2.05, 4.69) is 17.4 Å².